The van der Waals surface area contributed by atoms with Gasteiger partial charge in [0.25, 0.3) is 0 Å². The molecular formula is C27H40ClN3O5S. The molecule has 0 aliphatic rings. The van der Waals surface area contributed by atoms with Crippen molar-refractivity contribution in [3.05, 3.63) is 60.1 Å². The number of nitrogens with two attached hydrogens (primary N) is 1. The number of furan rings is 1. The molecule has 3 atom stereocenters. The molecule has 2 aromatic rings. The largest absolute Gasteiger partial charge is 0.468 e. The van der Waals surface area contributed by atoms with Gasteiger partial charge in [-0.1, -0.05) is 50.1 Å². The van der Waals surface area contributed by atoms with Crippen molar-refractivity contribution in [1.29, 1.82) is 0 Å². The predicted octanol–water partition coefficient (Wildman–Crippen LogP) is 4.99. The Morgan fingerprint density at radius 3 is 2.38 bits per heavy atom. The standard InChI is InChI=1S/C27H39N3O5S.ClH/c1-3-4-14-23(25(31)19-36-18-22-13-9-16-34-22)29-26(32)24(15-8-10-20(2)28)30-27(33)35-17-21-11-6-5-7-12-21;/h5-7,9,11-13,16,20,23-24H,3-4,8,10,14-15,17-19,28H2,1-2H3,(H,29,32)(H,30,33);1H/t20?,23-,24-;/m0./s1. The van der Waals surface area contributed by atoms with Crippen LogP contribution >= 0.6 is 24.2 Å². The minimum absolute atomic E-state index is 0. The molecule has 4 N–H and O–H groups in total. The molecule has 0 fully saturated rings. The number of ether oxygens (including phenoxy) is 1. The molecule has 0 aliphatic heterocycles. The lowest BCUT2D eigenvalue weighted by Gasteiger charge is -2.23. The van der Waals surface area contributed by atoms with Crippen LogP contribution in [0.5, 0.6) is 0 Å². The van der Waals surface area contributed by atoms with Crippen LogP contribution in [-0.2, 0) is 26.7 Å². The molecule has 1 heterocycles. The number of rotatable bonds is 17. The smallest absolute Gasteiger partial charge is 0.408 e. The second-order valence-electron chi connectivity index (χ2n) is 8.91. The summed E-state index contributed by atoms with van der Waals surface area (Å²) in [6.07, 6.45) is 4.95. The van der Waals surface area contributed by atoms with Gasteiger partial charge in [-0.25, -0.2) is 4.79 Å². The van der Waals surface area contributed by atoms with Crippen LogP contribution in [0.25, 0.3) is 0 Å². The van der Waals surface area contributed by atoms with Gasteiger partial charge in [-0.15, -0.1) is 24.2 Å². The molecule has 0 bridgehead atoms. The Morgan fingerprint density at radius 2 is 1.73 bits per heavy atom. The molecule has 1 aromatic heterocycles. The van der Waals surface area contributed by atoms with Crippen LogP contribution < -0.4 is 16.4 Å². The van der Waals surface area contributed by atoms with Gasteiger partial charge >= 0.3 is 6.09 Å². The van der Waals surface area contributed by atoms with Crippen molar-refractivity contribution < 1.29 is 23.5 Å². The van der Waals surface area contributed by atoms with E-state index in [1.807, 2.05) is 56.3 Å². The third-order valence-corrected chi connectivity index (χ3v) is 6.57. The maximum absolute atomic E-state index is 13.2. The summed E-state index contributed by atoms with van der Waals surface area (Å²) in [4.78, 5) is 38.6. The van der Waals surface area contributed by atoms with Crippen LogP contribution in [0, 0.1) is 0 Å². The normalized spacial score (nSPS) is 13.1. The van der Waals surface area contributed by atoms with Crippen molar-refractivity contribution in [2.45, 2.75) is 82.9 Å². The van der Waals surface area contributed by atoms with Crippen LogP contribution in [-0.4, -0.2) is 41.7 Å². The van der Waals surface area contributed by atoms with Crippen LogP contribution in [0.2, 0.25) is 0 Å². The SMILES string of the molecule is CCCC[C@H](NC(=O)[C@H](CCCC(C)N)NC(=O)OCc1ccccc1)C(=O)CSCc1ccco1.Cl. The number of carbonyl (C=O) groups is 3. The van der Waals surface area contributed by atoms with Crippen molar-refractivity contribution in [1.82, 2.24) is 10.6 Å². The van der Waals surface area contributed by atoms with Crippen molar-refractivity contribution >= 4 is 42.0 Å². The molecule has 0 spiro atoms. The summed E-state index contributed by atoms with van der Waals surface area (Å²) in [5, 5.41) is 5.57. The minimum Gasteiger partial charge on any atom is -0.468 e. The lowest BCUT2D eigenvalue weighted by atomic mass is 10.0. The van der Waals surface area contributed by atoms with Gasteiger partial charge in [-0.05, 0) is 50.3 Å². The van der Waals surface area contributed by atoms with Gasteiger partial charge in [-0.3, -0.25) is 9.59 Å². The molecule has 0 saturated heterocycles. The van der Waals surface area contributed by atoms with E-state index in [-0.39, 0.29) is 42.5 Å². The molecule has 10 heteroatoms. The Bertz CT molecular complexity index is 912. The van der Waals surface area contributed by atoms with E-state index in [4.69, 9.17) is 14.9 Å². The summed E-state index contributed by atoms with van der Waals surface area (Å²) in [5.74, 6) is 1.21. The minimum atomic E-state index is -0.820. The van der Waals surface area contributed by atoms with Crippen LogP contribution in [0.3, 0.4) is 0 Å². The number of halogens is 1. The summed E-state index contributed by atoms with van der Waals surface area (Å²) < 4.78 is 10.6. The summed E-state index contributed by atoms with van der Waals surface area (Å²) in [7, 11) is 0. The molecule has 0 aliphatic carbocycles. The number of ketones is 1. The number of hydrogen-bond acceptors (Lipinski definition) is 7. The molecular weight excluding hydrogens is 514 g/mol. The summed E-state index contributed by atoms with van der Waals surface area (Å²) in [5.41, 5.74) is 6.71. The third-order valence-electron chi connectivity index (χ3n) is 5.59. The number of nitrogens with one attached hydrogen (secondary N) is 2. The van der Waals surface area contributed by atoms with Crippen molar-refractivity contribution in [3.8, 4) is 0 Å². The third kappa shape index (κ3) is 13.6. The van der Waals surface area contributed by atoms with E-state index in [0.717, 1.165) is 24.2 Å². The van der Waals surface area contributed by atoms with Crippen molar-refractivity contribution in [2.24, 2.45) is 5.73 Å². The van der Waals surface area contributed by atoms with Gasteiger partial charge < -0.3 is 25.5 Å². The lowest BCUT2D eigenvalue weighted by Crippen LogP contribution is -2.52. The quantitative estimate of drug-likeness (QED) is 0.252. The Morgan fingerprint density at radius 1 is 1.00 bits per heavy atom. The number of unbranched alkanes of at least 4 members (excludes halogenated alkanes) is 1. The highest BCUT2D eigenvalue weighted by Crippen LogP contribution is 2.15. The van der Waals surface area contributed by atoms with E-state index in [9.17, 15) is 14.4 Å². The molecule has 2 amide bonds. The zero-order chi connectivity index (χ0) is 26.2. The number of hydrogen-bond donors (Lipinski definition) is 3. The van der Waals surface area contributed by atoms with Gasteiger partial charge in [0, 0.05) is 6.04 Å². The second-order valence-corrected chi connectivity index (χ2v) is 9.89. The highest BCUT2D eigenvalue weighted by Gasteiger charge is 2.27. The summed E-state index contributed by atoms with van der Waals surface area (Å²) in [6, 6.07) is 11.6. The highest BCUT2D eigenvalue weighted by molar-refractivity contribution is 7.99. The number of alkyl carbamates (subject to hydrolysis) is 1. The molecule has 37 heavy (non-hydrogen) atoms. The Hall–Kier alpha value is -2.49. The average molecular weight is 554 g/mol. The zero-order valence-electron chi connectivity index (χ0n) is 21.6. The number of thioether (sulfide) groups is 1. The number of amides is 2. The fourth-order valence-electron chi connectivity index (χ4n) is 3.56. The van der Waals surface area contributed by atoms with Crippen LogP contribution in [0.15, 0.2) is 53.1 Å². The highest BCUT2D eigenvalue weighted by atomic mass is 35.5. The van der Waals surface area contributed by atoms with Crippen LogP contribution in [0.4, 0.5) is 4.79 Å². The molecule has 0 saturated carbocycles. The summed E-state index contributed by atoms with van der Waals surface area (Å²) >= 11 is 1.45. The first-order valence-electron chi connectivity index (χ1n) is 12.5. The fourth-order valence-corrected chi connectivity index (χ4v) is 4.43. The molecule has 0 radical (unpaired) electrons. The average Bonchev–Trinajstić information content (AvgIpc) is 3.38. The second kappa shape index (κ2) is 18.7. The Kier molecular flexibility index (Phi) is 16.5. The van der Waals surface area contributed by atoms with E-state index in [2.05, 4.69) is 10.6 Å². The number of benzene rings is 1. The lowest BCUT2D eigenvalue weighted by molar-refractivity contribution is -0.128. The monoisotopic (exact) mass is 553 g/mol. The predicted molar refractivity (Wildman–Crippen MR) is 150 cm³/mol. The van der Waals surface area contributed by atoms with Gasteiger partial charge in [0.15, 0.2) is 5.78 Å². The topological polar surface area (TPSA) is 124 Å². The van der Waals surface area contributed by atoms with E-state index in [1.54, 1.807) is 6.26 Å². The molecule has 1 unspecified atom stereocenters. The maximum Gasteiger partial charge on any atom is 0.408 e. The zero-order valence-corrected chi connectivity index (χ0v) is 23.3. The first-order valence-corrected chi connectivity index (χ1v) is 13.7. The first kappa shape index (κ1) is 32.5. The molecule has 1 aromatic carbocycles. The van der Waals surface area contributed by atoms with Crippen LogP contribution in [0.1, 0.15) is 63.7 Å². The van der Waals surface area contributed by atoms with E-state index < -0.39 is 18.2 Å². The Labute approximate surface area is 230 Å². The van der Waals surface area contributed by atoms with Crippen molar-refractivity contribution in [3.63, 3.8) is 0 Å². The summed E-state index contributed by atoms with van der Waals surface area (Å²) in [6.45, 7) is 4.04. The molecule has 206 valence electrons. The first-order chi connectivity index (χ1) is 17.4. The van der Waals surface area contributed by atoms with Gasteiger partial charge in [0.1, 0.15) is 18.4 Å². The fraction of sp³-hybridized carbons (Fsp3) is 0.519. The van der Waals surface area contributed by atoms with E-state index >= 15 is 0 Å². The van der Waals surface area contributed by atoms with Gasteiger partial charge in [0.05, 0.1) is 23.8 Å². The van der Waals surface area contributed by atoms with Gasteiger partial charge in [-0.2, -0.15) is 0 Å². The van der Waals surface area contributed by atoms with E-state index in [1.165, 1.54) is 11.8 Å². The molecule has 2 rings (SSSR count). The number of Topliss-reactive ketones (excluding diaryl/α,β-unsaturated/α-hetero) is 1. The van der Waals surface area contributed by atoms with Crippen molar-refractivity contribution in [2.75, 3.05) is 5.75 Å². The van der Waals surface area contributed by atoms with Gasteiger partial charge in [0.2, 0.25) is 5.91 Å². The molecule has 8 nitrogen and oxygen atoms in total. The maximum atomic E-state index is 13.2. The van der Waals surface area contributed by atoms with E-state index in [0.29, 0.717) is 31.4 Å². The Balaban J connectivity index is 0.00000684. The number of carbonyl (C=O) groups excluding carboxylic acids is 3.